The number of hydrogen-bond donors (Lipinski definition) is 1. The summed E-state index contributed by atoms with van der Waals surface area (Å²) in [7, 11) is 0. The van der Waals surface area contributed by atoms with Gasteiger partial charge >= 0.3 is 0 Å². The van der Waals surface area contributed by atoms with Gasteiger partial charge < -0.3 is 10.1 Å². The highest BCUT2D eigenvalue weighted by atomic mass is 35.5. The maximum atomic E-state index is 13.4. The average molecular weight is 391 g/mol. The second-order valence-corrected chi connectivity index (χ2v) is 6.30. The van der Waals surface area contributed by atoms with Gasteiger partial charge in [-0.25, -0.2) is 14.4 Å². The van der Waals surface area contributed by atoms with Crippen molar-refractivity contribution in [1.29, 1.82) is 5.26 Å². The minimum atomic E-state index is -0.488. The molecule has 7 heteroatoms. The lowest BCUT2D eigenvalue weighted by molar-refractivity contribution is 0.483. The van der Waals surface area contributed by atoms with Crippen LogP contribution in [0.5, 0.6) is 11.5 Å². The number of ether oxygens (including phenoxy) is 1. The monoisotopic (exact) mass is 390 g/mol. The van der Waals surface area contributed by atoms with E-state index in [-0.39, 0.29) is 5.02 Å². The van der Waals surface area contributed by atoms with Crippen molar-refractivity contribution in [3.8, 4) is 17.6 Å². The number of fused-ring (bicyclic) bond motifs is 1. The van der Waals surface area contributed by atoms with Crippen LogP contribution < -0.4 is 10.1 Å². The van der Waals surface area contributed by atoms with Gasteiger partial charge in [-0.05, 0) is 60.7 Å². The largest absolute Gasteiger partial charge is 0.457 e. The first kappa shape index (κ1) is 17.7. The van der Waals surface area contributed by atoms with Crippen molar-refractivity contribution < 1.29 is 9.13 Å². The molecule has 4 aromatic rings. The van der Waals surface area contributed by atoms with Gasteiger partial charge in [-0.2, -0.15) is 5.26 Å². The zero-order valence-corrected chi connectivity index (χ0v) is 15.1. The highest BCUT2D eigenvalue weighted by Gasteiger charge is 2.08. The number of nitrogens with one attached hydrogen (secondary N) is 1. The van der Waals surface area contributed by atoms with Gasteiger partial charge in [0.15, 0.2) is 0 Å². The number of rotatable bonds is 4. The van der Waals surface area contributed by atoms with E-state index in [0.29, 0.717) is 28.6 Å². The second-order valence-electron chi connectivity index (χ2n) is 5.89. The third-order valence-corrected chi connectivity index (χ3v) is 4.30. The van der Waals surface area contributed by atoms with E-state index in [1.807, 2.05) is 6.07 Å². The van der Waals surface area contributed by atoms with Gasteiger partial charge in [0.25, 0.3) is 0 Å². The summed E-state index contributed by atoms with van der Waals surface area (Å²) < 4.78 is 19.2. The third kappa shape index (κ3) is 3.70. The van der Waals surface area contributed by atoms with Gasteiger partial charge in [-0.3, -0.25) is 0 Å². The minimum absolute atomic E-state index is 0.0215. The van der Waals surface area contributed by atoms with Crippen molar-refractivity contribution in [3.63, 3.8) is 0 Å². The van der Waals surface area contributed by atoms with Crippen molar-refractivity contribution in [1.82, 2.24) is 9.97 Å². The summed E-state index contributed by atoms with van der Waals surface area (Å²) in [4.78, 5) is 8.53. The normalized spacial score (nSPS) is 10.5. The molecule has 0 unspecified atom stereocenters. The van der Waals surface area contributed by atoms with Crippen LogP contribution in [0.4, 0.5) is 15.9 Å². The van der Waals surface area contributed by atoms with Crippen LogP contribution in [-0.2, 0) is 0 Å². The van der Waals surface area contributed by atoms with Crippen LogP contribution in [0.2, 0.25) is 5.02 Å². The first-order valence-electron chi connectivity index (χ1n) is 8.27. The Morgan fingerprint density at radius 1 is 0.964 bits per heavy atom. The Labute approximate surface area is 165 Å². The summed E-state index contributed by atoms with van der Waals surface area (Å²) >= 11 is 5.85. The van der Waals surface area contributed by atoms with Gasteiger partial charge in [0, 0.05) is 11.1 Å². The van der Waals surface area contributed by atoms with E-state index in [2.05, 4.69) is 21.4 Å². The van der Waals surface area contributed by atoms with Crippen LogP contribution in [0.15, 0.2) is 67.0 Å². The molecule has 0 spiro atoms. The molecule has 0 saturated carbocycles. The zero-order valence-electron chi connectivity index (χ0n) is 14.4. The van der Waals surface area contributed by atoms with E-state index in [9.17, 15) is 4.39 Å². The van der Waals surface area contributed by atoms with Crippen LogP contribution in [0.1, 0.15) is 5.56 Å². The van der Waals surface area contributed by atoms with E-state index < -0.39 is 5.82 Å². The van der Waals surface area contributed by atoms with E-state index in [0.717, 1.165) is 10.9 Å². The summed E-state index contributed by atoms with van der Waals surface area (Å²) in [5.41, 5.74) is 1.88. The Morgan fingerprint density at radius 3 is 2.50 bits per heavy atom. The molecule has 0 aliphatic heterocycles. The van der Waals surface area contributed by atoms with Gasteiger partial charge in [-0.15, -0.1) is 0 Å². The van der Waals surface area contributed by atoms with Crippen molar-refractivity contribution >= 4 is 34.0 Å². The van der Waals surface area contributed by atoms with Crippen LogP contribution in [0.3, 0.4) is 0 Å². The predicted molar refractivity (Wildman–Crippen MR) is 105 cm³/mol. The molecule has 5 nitrogen and oxygen atoms in total. The Bertz CT molecular complexity index is 1210. The Kier molecular flexibility index (Phi) is 4.75. The highest BCUT2D eigenvalue weighted by molar-refractivity contribution is 6.31. The van der Waals surface area contributed by atoms with E-state index in [1.165, 1.54) is 18.5 Å². The summed E-state index contributed by atoms with van der Waals surface area (Å²) in [6.07, 6.45) is 1.44. The highest BCUT2D eigenvalue weighted by Crippen LogP contribution is 2.30. The minimum Gasteiger partial charge on any atom is -0.457 e. The van der Waals surface area contributed by atoms with E-state index in [1.54, 1.807) is 42.5 Å². The first-order chi connectivity index (χ1) is 13.6. The Morgan fingerprint density at radius 2 is 1.75 bits per heavy atom. The van der Waals surface area contributed by atoms with Gasteiger partial charge in [0.05, 0.1) is 22.2 Å². The molecule has 0 amide bonds. The lowest BCUT2D eigenvalue weighted by Gasteiger charge is -2.11. The van der Waals surface area contributed by atoms with Crippen molar-refractivity contribution in [2.24, 2.45) is 0 Å². The van der Waals surface area contributed by atoms with Crippen LogP contribution in [0, 0.1) is 17.1 Å². The molecule has 0 bridgehead atoms. The number of anilines is 2. The van der Waals surface area contributed by atoms with Crippen molar-refractivity contribution in [2.45, 2.75) is 0 Å². The zero-order chi connectivity index (χ0) is 19.5. The molecule has 28 heavy (non-hydrogen) atoms. The maximum absolute atomic E-state index is 13.4. The number of hydrogen-bond acceptors (Lipinski definition) is 5. The number of benzene rings is 3. The van der Waals surface area contributed by atoms with Crippen LogP contribution in [-0.4, -0.2) is 9.97 Å². The van der Waals surface area contributed by atoms with E-state index in [4.69, 9.17) is 21.6 Å². The first-order valence-corrected chi connectivity index (χ1v) is 8.65. The van der Waals surface area contributed by atoms with E-state index >= 15 is 0 Å². The van der Waals surface area contributed by atoms with Gasteiger partial charge in [0.1, 0.15) is 29.5 Å². The number of aromatic nitrogens is 2. The molecular weight excluding hydrogens is 379 g/mol. The van der Waals surface area contributed by atoms with Crippen molar-refractivity contribution in [3.05, 3.63) is 83.4 Å². The Hall–Kier alpha value is -3.69. The predicted octanol–water partition coefficient (Wildman–Crippen LogP) is 5.83. The molecule has 0 saturated heterocycles. The summed E-state index contributed by atoms with van der Waals surface area (Å²) in [6, 6.07) is 18.7. The molecule has 0 aliphatic carbocycles. The fraction of sp³-hybridized carbons (Fsp3) is 0. The lowest BCUT2D eigenvalue weighted by Crippen LogP contribution is -1.97. The molecule has 1 N–H and O–H groups in total. The molecule has 3 aromatic carbocycles. The molecule has 0 atom stereocenters. The second kappa shape index (κ2) is 7.51. The standard InChI is InChI=1S/C21H12ClFN4O/c22-18-9-14(3-7-19(18)23)27-21-17-10-16(6-8-20(17)25-12-26-21)28-15-4-1-13(11-24)2-5-15/h1-10,12H,(H,25,26,27). The number of nitrogens with zero attached hydrogens (tertiary/aromatic N) is 3. The fourth-order valence-corrected chi connectivity index (χ4v) is 2.82. The number of nitriles is 1. The molecule has 1 heterocycles. The lowest BCUT2D eigenvalue weighted by atomic mass is 10.2. The summed E-state index contributed by atoms with van der Waals surface area (Å²) in [5.74, 6) is 1.25. The maximum Gasteiger partial charge on any atom is 0.141 e. The average Bonchev–Trinajstić information content (AvgIpc) is 2.72. The smallest absolute Gasteiger partial charge is 0.141 e. The quantitative estimate of drug-likeness (QED) is 0.474. The summed E-state index contributed by atoms with van der Waals surface area (Å²) in [5, 5.41) is 12.8. The molecule has 4 rings (SSSR count). The SMILES string of the molecule is N#Cc1ccc(Oc2ccc3ncnc(Nc4ccc(F)c(Cl)c4)c3c2)cc1. The molecule has 0 aliphatic rings. The summed E-state index contributed by atoms with van der Waals surface area (Å²) in [6.45, 7) is 0. The molecule has 1 aromatic heterocycles. The van der Waals surface area contributed by atoms with Crippen LogP contribution in [0.25, 0.3) is 10.9 Å². The van der Waals surface area contributed by atoms with Crippen LogP contribution >= 0.6 is 11.6 Å². The molecular formula is C21H12ClFN4O. The Balaban J connectivity index is 1.66. The topological polar surface area (TPSA) is 70.8 Å². The molecule has 136 valence electrons. The fourth-order valence-electron chi connectivity index (χ4n) is 2.64. The third-order valence-electron chi connectivity index (χ3n) is 4.01. The van der Waals surface area contributed by atoms with Crippen molar-refractivity contribution in [2.75, 3.05) is 5.32 Å². The molecule has 0 radical (unpaired) electrons. The number of halogens is 2. The molecule has 0 fully saturated rings. The van der Waals surface area contributed by atoms with Gasteiger partial charge in [0.2, 0.25) is 0 Å². The van der Waals surface area contributed by atoms with Gasteiger partial charge in [-0.1, -0.05) is 11.6 Å².